The molecule has 0 saturated heterocycles. The second-order valence-corrected chi connectivity index (χ2v) is 6.63. The number of carbonyl (C=O) groups is 1. The Morgan fingerprint density at radius 1 is 1.10 bits per heavy atom. The Labute approximate surface area is 167 Å². The van der Waals surface area contributed by atoms with Crippen molar-refractivity contribution in [3.8, 4) is 17.2 Å². The molecule has 0 saturated carbocycles. The lowest BCUT2D eigenvalue weighted by atomic mass is 10.2. The fourth-order valence-corrected chi connectivity index (χ4v) is 2.98. The minimum atomic E-state index is -0.264. The van der Waals surface area contributed by atoms with Crippen LogP contribution < -0.4 is 25.0 Å². The minimum Gasteiger partial charge on any atom is -0.483 e. The lowest BCUT2D eigenvalue weighted by Crippen LogP contribution is -2.25. The van der Waals surface area contributed by atoms with Crippen LogP contribution >= 0.6 is 0 Å². The predicted molar refractivity (Wildman–Crippen MR) is 106 cm³/mol. The Morgan fingerprint density at radius 3 is 2.72 bits per heavy atom. The van der Waals surface area contributed by atoms with Gasteiger partial charge in [-0.2, -0.15) is 0 Å². The molecule has 0 unspecified atom stereocenters. The van der Waals surface area contributed by atoms with Gasteiger partial charge in [0.25, 0.3) is 5.91 Å². The van der Waals surface area contributed by atoms with Gasteiger partial charge < -0.3 is 24.1 Å². The molecule has 1 amide bonds. The molecule has 1 aliphatic heterocycles. The van der Waals surface area contributed by atoms with Gasteiger partial charge in [-0.3, -0.25) is 9.59 Å². The number of hydrogen-bond acceptors (Lipinski definition) is 5. The first-order valence-electron chi connectivity index (χ1n) is 9.14. The highest BCUT2D eigenvalue weighted by atomic mass is 16.7. The number of rotatable bonds is 6. The van der Waals surface area contributed by atoms with Crippen LogP contribution in [0, 0.1) is 0 Å². The van der Waals surface area contributed by atoms with Gasteiger partial charge in [0.1, 0.15) is 6.61 Å². The maximum atomic E-state index is 12.4. The van der Waals surface area contributed by atoms with E-state index < -0.39 is 0 Å². The van der Waals surface area contributed by atoms with Gasteiger partial charge in [0, 0.05) is 24.4 Å². The van der Waals surface area contributed by atoms with E-state index in [4.69, 9.17) is 14.2 Å². The fraction of sp³-hybridized carbons (Fsp3) is 0.182. The first kappa shape index (κ1) is 18.6. The summed E-state index contributed by atoms with van der Waals surface area (Å²) in [4.78, 5) is 24.8. The maximum absolute atomic E-state index is 12.4. The van der Waals surface area contributed by atoms with Gasteiger partial charge in [0.15, 0.2) is 17.2 Å². The third-order valence-corrected chi connectivity index (χ3v) is 4.61. The number of carbonyl (C=O) groups excluding carboxylic acids is 1. The predicted octanol–water partition coefficient (Wildman–Crippen LogP) is 2.62. The van der Waals surface area contributed by atoms with E-state index in [1.54, 1.807) is 36.0 Å². The van der Waals surface area contributed by atoms with Crippen LogP contribution in [0.15, 0.2) is 65.6 Å². The standard InChI is InChI=1S/C22H20N2O5/c1-24-12-21(27-13-15-5-3-2-4-6-15)18(25)10-17(24)11-23-22(26)16-7-8-19-20(9-16)29-14-28-19/h2-10,12H,11,13-14H2,1H3,(H,23,26). The van der Waals surface area contributed by atoms with E-state index in [1.165, 1.54) is 6.07 Å². The first-order valence-corrected chi connectivity index (χ1v) is 9.14. The van der Waals surface area contributed by atoms with Gasteiger partial charge in [0.2, 0.25) is 12.2 Å². The molecular weight excluding hydrogens is 372 g/mol. The van der Waals surface area contributed by atoms with E-state index in [2.05, 4.69) is 5.32 Å². The van der Waals surface area contributed by atoms with Crippen molar-refractivity contribution in [1.82, 2.24) is 9.88 Å². The van der Waals surface area contributed by atoms with Gasteiger partial charge in [-0.05, 0) is 23.8 Å². The quantitative estimate of drug-likeness (QED) is 0.698. The third-order valence-electron chi connectivity index (χ3n) is 4.61. The topological polar surface area (TPSA) is 78.8 Å². The smallest absolute Gasteiger partial charge is 0.251 e. The third kappa shape index (κ3) is 4.24. The number of fused-ring (bicyclic) bond motifs is 1. The Morgan fingerprint density at radius 2 is 1.90 bits per heavy atom. The van der Waals surface area contributed by atoms with Crippen molar-refractivity contribution in [2.45, 2.75) is 13.2 Å². The number of aryl methyl sites for hydroxylation is 1. The molecule has 1 aliphatic rings. The summed E-state index contributed by atoms with van der Waals surface area (Å²) in [5.41, 5.74) is 1.87. The summed E-state index contributed by atoms with van der Waals surface area (Å²) in [6.45, 7) is 0.676. The molecule has 148 valence electrons. The molecule has 2 aromatic carbocycles. The number of aromatic nitrogens is 1. The van der Waals surface area contributed by atoms with Crippen LogP contribution in [0.4, 0.5) is 0 Å². The molecule has 0 aliphatic carbocycles. The van der Waals surface area contributed by atoms with Crippen LogP contribution in [0.2, 0.25) is 0 Å². The molecule has 0 radical (unpaired) electrons. The van der Waals surface area contributed by atoms with Crippen LogP contribution in [-0.2, 0) is 20.2 Å². The van der Waals surface area contributed by atoms with Crippen molar-refractivity contribution in [2.75, 3.05) is 6.79 Å². The van der Waals surface area contributed by atoms with E-state index in [0.717, 1.165) is 5.56 Å². The molecular formula is C22H20N2O5. The SMILES string of the molecule is Cn1cc(OCc2ccccc2)c(=O)cc1CNC(=O)c1ccc2c(c1)OCO2. The average molecular weight is 392 g/mol. The summed E-state index contributed by atoms with van der Waals surface area (Å²) >= 11 is 0. The molecule has 4 rings (SSSR count). The summed E-state index contributed by atoms with van der Waals surface area (Å²) < 4.78 is 18.0. The van der Waals surface area contributed by atoms with Gasteiger partial charge in [0.05, 0.1) is 12.7 Å². The van der Waals surface area contributed by atoms with Crippen LogP contribution in [0.5, 0.6) is 17.2 Å². The van der Waals surface area contributed by atoms with Gasteiger partial charge in [-0.1, -0.05) is 30.3 Å². The van der Waals surface area contributed by atoms with Crippen molar-refractivity contribution >= 4 is 5.91 Å². The van der Waals surface area contributed by atoms with Crippen LogP contribution in [-0.4, -0.2) is 17.3 Å². The summed E-state index contributed by atoms with van der Waals surface area (Å²) in [5, 5.41) is 2.82. The van der Waals surface area contributed by atoms with Crippen LogP contribution in [0.1, 0.15) is 21.6 Å². The fourth-order valence-electron chi connectivity index (χ4n) is 2.98. The molecule has 29 heavy (non-hydrogen) atoms. The maximum Gasteiger partial charge on any atom is 0.251 e. The molecule has 3 aromatic rings. The van der Waals surface area contributed by atoms with Crippen LogP contribution in [0.3, 0.4) is 0 Å². The molecule has 0 spiro atoms. The normalized spacial score (nSPS) is 11.9. The van der Waals surface area contributed by atoms with E-state index >= 15 is 0 Å². The van der Waals surface area contributed by atoms with Gasteiger partial charge in [-0.15, -0.1) is 0 Å². The van der Waals surface area contributed by atoms with E-state index in [-0.39, 0.29) is 30.4 Å². The number of amides is 1. The number of nitrogens with one attached hydrogen (secondary N) is 1. The zero-order chi connectivity index (χ0) is 20.2. The van der Waals surface area contributed by atoms with Crippen molar-refractivity contribution < 1.29 is 19.0 Å². The summed E-state index contributed by atoms with van der Waals surface area (Å²) in [6, 6.07) is 16.1. The van der Waals surface area contributed by atoms with Gasteiger partial charge >= 0.3 is 0 Å². The molecule has 7 heteroatoms. The Balaban J connectivity index is 1.40. The summed E-state index contributed by atoms with van der Waals surface area (Å²) in [6.07, 6.45) is 1.63. The highest BCUT2D eigenvalue weighted by molar-refractivity contribution is 5.94. The second-order valence-electron chi connectivity index (χ2n) is 6.63. The Kier molecular flexibility index (Phi) is 5.20. The number of nitrogens with zero attached hydrogens (tertiary/aromatic N) is 1. The molecule has 0 atom stereocenters. The number of benzene rings is 2. The van der Waals surface area contributed by atoms with Crippen molar-refractivity contribution in [2.24, 2.45) is 7.05 Å². The molecule has 0 fully saturated rings. The van der Waals surface area contributed by atoms with Crippen molar-refractivity contribution in [3.63, 3.8) is 0 Å². The molecule has 1 N–H and O–H groups in total. The number of hydrogen-bond donors (Lipinski definition) is 1. The van der Waals surface area contributed by atoms with E-state index in [1.807, 2.05) is 30.3 Å². The second kappa shape index (κ2) is 8.10. The lowest BCUT2D eigenvalue weighted by molar-refractivity contribution is 0.0949. The van der Waals surface area contributed by atoms with E-state index in [0.29, 0.717) is 29.4 Å². The van der Waals surface area contributed by atoms with Crippen LogP contribution in [0.25, 0.3) is 0 Å². The van der Waals surface area contributed by atoms with Crippen molar-refractivity contribution in [3.05, 3.63) is 87.8 Å². The zero-order valence-corrected chi connectivity index (χ0v) is 15.9. The zero-order valence-electron chi connectivity index (χ0n) is 15.9. The lowest BCUT2D eigenvalue weighted by Gasteiger charge is -2.13. The molecule has 2 heterocycles. The Bertz CT molecular complexity index is 1090. The Hall–Kier alpha value is -3.74. The highest BCUT2D eigenvalue weighted by Gasteiger charge is 2.16. The average Bonchev–Trinajstić information content (AvgIpc) is 3.21. The van der Waals surface area contributed by atoms with E-state index in [9.17, 15) is 9.59 Å². The largest absolute Gasteiger partial charge is 0.483 e. The minimum absolute atomic E-state index is 0.154. The number of pyridine rings is 1. The highest BCUT2D eigenvalue weighted by Crippen LogP contribution is 2.32. The monoisotopic (exact) mass is 392 g/mol. The first-order chi connectivity index (χ1) is 14.1. The molecule has 7 nitrogen and oxygen atoms in total. The van der Waals surface area contributed by atoms with Gasteiger partial charge in [-0.25, -0.2) is 0 Å². The summed E-state index contributed by atoms with van der Waals surface area (Å²) in [5.74, 6) is 1.17. The van der Waals surface area contributed by atoms with Crippen molar-refractivity contribution in [1.29, 1.82) is 0 Å². The summed E-state index contributed by atoms with van der Waals surface area (Å²) in [7, 11) is 1.80. The molecule has 1 aromatic heterocycles. The number of ether oxygens (including phenoxy) is 3. The molecule has 0 bridgehead atoms.